The third-order valence-corrected chi connectivity index (χ3v) is 2.27. The van der Waals surface area contributed by atoms with Gasteiger partial charge in [0.2, 0.25) is 0 Å². The molecular formula is C11H10Cl2N2O3. The van der Waals surface area contributed by atoms with Gasteiger partial charge in [0.05, 0.1) is 17.8 Å². The summed E-state index contributed by atoms with van der Waals surface area (Å²) in [5, 5.41) is 14.3. The Morgan fingerprint density at radius 2 is 2.06 bits per heavy atom. The average molecular weight is 289 g/mol. The smallest absolute Gasteiger partial charge is 0.337 e. The van der Waals surface area contributed by atoms with Gasteiger partial charge in [0.1, 0.15) is 0 Å². The van der Waals surface area contributed by atoms with Crippen LogP contribution in [0, 0.1) is 0 Å². The van der Waals surface area contributed by atoms with Crippen LogP contribution in [-0.2, 0) is 0 Å². The first-order valence-electron chi connectivity index (χ1n) is 4.81. The lowest BCUT2D eigenvalue weighted by Gasteiger charge is -2.09. The van der Waals surface area contributed by atoms with Gasteiger partial charge in [-0.25, -0.2) is 9.59 Å². The molecule has 0 aliphatic rings. The minimum Gasteiger partial charge on any atom is -0.478 e. The van der Waals surface area contributed by atoms with Crippen LogP contribution in [0.1, 0.15) is 10.4 Å². The molecule has 1 aromatic carbocycles. The van der Waals surface area contributed by atoms with E-state index in [-0.39, 0.29) is 22.8 Å². The molecule has 1 rings (SSSR count). The van der Waals surface area contributed by atoms with Gasteiger partial charge in [-0.15, -0.1) is 0 Å². The highest BCUT2D eigenvalue weighted by atomic mass is 35.5. The van der Waals surface area contributed by atoms with Crippen LogP contribution in [0.25, 0.3) is 0 Å². The predicted molar refractivity (Wildman–Crippen MR) is 70.4 cm³/mol. The first-order chi connectivity index (χ1) is 8.40. The number of carbonyl (C=O) groups excluding carboxylic acids is 1. The number of carboxylic acid groups (broad SMARTS) is 1. The van der Waals surface area contributed by atoms with Crippen molar-refractivity contribution >= 4 is 40.9 Å². The molecule has 96 valence electrons. The van der Waals surface area contributed by atoms with E-state index in [1.807, 2.05) is 0 Å². The third kappa shape index (κ3) is 4.27. The molecule has 5 nitrogen and oxygen atoms in total. The molecule has 0 unspecified atom stereocenters. The minimum absolute atomic E-state index is 0.0562. The van der Waals surface area contributed by atoms with Crippen molar-refractivity contribution in [2.45, 2.75) is 0 Å². The first kappa shape index (κ1) is 14.3. The fourth-order valence-electron chi connectivity index (χ4n) is 1.15. The molecular weight excluding hydrogens is 279 g/mol. The van der Waals surface area contributed by atoms with Crippen LogP contribution < -0.4 is 10.6 Å². The fourth-order valence-corrected chi connectivity index (χ4v) is 1.39. The van der Waals surface area contributed by atoms with E-state index in [0.29, 0.717) is 5.02 Å². The molecule has 0 aromatic heterocycles. The van der Waals surface area contributed by atoms with Crippen LogP contribution >= 0.6 is 23.2 Å². The SMILES string of the molecule is C=C(Cl)CNC(=O)Nc1cc(Cl)ccc1C(=O)O. The number of benzene rings is 1. The zero-order chi connectivity index (χ0) is 13.7. The maximum Gasteiger partial charge on any atom is 0.337 e. The molecule has 3 N–H and O–H groups in total. The van der Waals surface area contributed by atoms with Crippen LogP contribution in [0.2, 0.25) is 5.02 Å². The van der Waals surface area contributed by atoms with Gasteiger partial charge in [-0.05, 0) is 18.2 Å². The van der Waals surface area contributed by atoms with E-state index in [2.05, 4.69) is 17.2 Å². The Balaban J connectivity index is 2.82. The third-order valence-electron chi connectivity index (χ3n) is 1.90. The molecule has 2 amide bonds. The van der Waals surface area contributed by atoms with Crippen molar-refractivity contribution in [2.75, 3.05) is 11.9 Å². The highest BCUT2D eigenvalue weighted by molar-refractivity contribution is 6.31. The van der Waals surface area contributed by atoms with Crippen LogP contribution in [0.15, 0.2) is 29.8 Å². The molecule has 0 radical (unpaired) electrons. The molecule has 7 heteroatoms. The minimum atomic E-state index is -1.16. The van der Waals surface area contributed by atoms with Gasteiger partial charge in [-0.3, -0.25) is 0 Å². The van der Waals surface area contributed by atoms with Crippen molar-refractivity contribution < 1.29 is 14.7 Å². The van der Waals surface area contributed by atoms with E-state index in [1.165, 1.54) is 18.2 Å². The van der Waals surface area contributed by atoms with E-state index in [1.54, 1.807) is 0 Å². The molecule has 0 aliphatic heterocycles. The van der Waals surface area contributed by atoms with Crippen molar-refractivity contribution in [3.63, 3.8) is 0 Å². The Kier molecular flexibility index (Phi) is 5.00. The summed E-state index contributed by atoms with van der Waals surface area (Å²) in [7, 11) is 0. The van der Waals surface area contributed by atoms with Crippen molar-refractivity contribution in [2.24, 2.45) is 0 Å². The second-order valence-corrected chi connectivity index (χ2v) is 4.29. The van der Waals surface area contributed by atoms with E-state index >= 15 is 0 Å². The Morgan fingerprint density at radius 3 is 2.61 bits per heavy atom. The number of carbonyl (C=O) groups is 2. The Morgan fingerprint density at radius 1 is 1.39 bits per heavy atom. The Labute approximate surface area is 113 Å². The highest BCUT2D eigenvalue weighted by Gasteiger charge is 2.12. The van der Waals surface area contributed by atoms with E-state index in [9.17, 15) is 9.59 Å². The van der Waals surface area contributed by atoms with E-state index < -0.39 is 12.0 Å². The number of carboxylic acids is 1. The number of nitrogens with one attached hydrogen (secondary N) is 2. The number of anilines is 1. The lowest BCUT2D eigenvalue weighted by atomic mass is 10.2. The summed E-state index contributed by atoms with van der Waals surface area (Å²) in [6.07, 6.45) is 0. The van der Waals surface area contributed by atoms with Gasteiger partial charge >= 0.3 is 12.0 Å². The molecule has 0 fully saturated rings. The number of halogens is 2. The van der Waals surface area contributed by atoms with Gasteiger partial charge in [-0.2, -0.15) is 0 Å². The van der Waals surface area contributed by atoms with Gasteiger partial charge in [0.25, 0.3) is 0 Å². The number of hydrogen-bond acceptors (Lipinski definition) is 2. The zero-order valence-electron chi connectivity index (χ0n) is 9.17. The lowest BCUT2D eigenvalue weighted by Crippen LogP contribution is -2.30. The maximum atomic E-state index is 11.4. The molecule has 0 atom stereocenters. The molecule has 0 saturated heterocycles. The number of rotatable bonds is 4. The molecule has 0 bridgehead atoms. The second kappa shape index (κ2) is 6.28. The standard InChI is InChI=1S/C11H10Cl2N2O3/c1-6(12)5-14-11(18)15-9-4-7(13)2-3-8(9)10(16)17/h2-4H,1,5H2,(H,16,17)(H2,14,15,18). The lowest BCUT2D eigenvalue weighted by molar-refractivity contribution is 0.0698. The summed E-state index contributed by atoms with van der Waals surface area (Å²) in [4.78, 5) is 22.4. The van der Waals surface area contributed by atoms with Gasteiger partial charge in [-0.1, -0.05) is 29.8 Å². The van der Waals surface area contributed by atoms with Gasteiger partial charge in [0.15, 0.2) is 0 Å². The predicted octanol–water partition coefficient (Wildman–Crippen LogP) is 2.91. The zero-order valence-corrected chi connectivity index (χ0v) is 10.7. The highest BCUT2D eigenvalue weighted by Crippen LogP contribution is 2.21. The van der Waals surface area contributed by atoms with Crippen molar-refractivity contribution in [1.29, 1.82) is 0 Å². The monoisotopic (exact) mass is 288 g/mol. The van der Waals surface area contributed by atoms with Crippen LogP contribution in [0.3, 0.4) is 0 Å². The summed E-state index contributed by atoms with van der Waals surface area (Å²) >= 11 is 11.2. The molecule has 0 spiro atoms. The summed E-state index contributed by atoms with van der Waals surface area (Å²) in [6, 6.07) is 3.48. The fraction of sp³-hybridized carbons (Fsp3) is 0.0909. The number of amides is 2. The molecule has 0 heterocycles. The molecule has 1 aromatic rings. The number of urea groups is 1. The number of hydrogen-bond donors (Lipinski definition) is 3. The maximum absolute atomic E-state index is 11.4. The summed E-state index contributed by atoms with van der Waals surface area (Å²) in [6.45, 7) is 3.48. The van der Waals surface area contributed by atoms with Crippen LogP contribution in [-0.4, -0.2) is 23.7 Å². The topological polar surface area (TPSA) is 78.4 Å². The second-order valence-electron chi connectivity index (χ2n) is 3.32. The average Bonchev–Trinajstić information content (AvgIpc) is 2.26. The molecule has 18 heavy (non-hydrogen) atoms. The molecule has 0 aliphatic carbocycles. The van der Waals surface area contributed by atoms with Crippen LogP contribution in [0.4, 0.5) is 10.5 Å². The number of aromatic carboxylic acids is 1. The quantitative estimate of drug-likeness (QED) is 0.797. The first-order valence-corrected chi connectivity index (χ1v) is 5.56. The molecule has 0 saturated carbocycles. The largest absolute Gasteiger partial charge is 0.478 e. The summed E-state index contributed by atoms with van der Waals surface area (Å²) in [5.74, 6) is -1.16. The van der Waals surface area contributed by atoms with Gasteiger partial charge < -0.3 is 15.7 Å². The summed E-state index contributed by atoms with van der Waals surface area (Å²) in [5.41, 5.74) is 0.0481. The normalized spacial score (nSPS) is 9.67. The van der Waals surface area contributed by atoms with Crippen molar-refractivity contribution in [1.82, 2.24) is 5.32 Å². The Bertz CT molecular complexity index is 503. The van der Waals surface area contributed by atoms with E-state index in [4.69, 9.17) is 28.3 Å². The summed E-state index contributed by atoms with van der Waals surface area (Å²) < 4.78 is 0. The van der Waals surface area contributed by atoms with E-state index in [0.717, 1.165) is 0 Å². The van der Waals surface area contributed by atoms with Crippen molar-refractivity contribution in [3.05, 3.63) is 40.4 Å². The Hall–Kier alpha value is -1.72. The van der Waals surface area contributed by atoms with Crippen molar-refractivity contribution in [3.8, 4) is 0 Å². The van der Waals surface area contributed by atoms with Crippen LogP contribution in [0.5, 0.6) is 0 Å². The van der Waals surface area contributed by atoms with Gasteiger partial charge in [0, 0.05) is 10.1 Å².